The van der Waals surface area contributed by atoms with E-state index in [0.29, 0.717) is 0 Å². The Morgan fingerprint density at radius 3 is 2.67 bits per heavy atom. The summed E-state index contributed by atoms with van der Waals surface area (Å²) in [6, 6.07) is 5.71. The summed E-state index contributed by atoms with van der Waals surface area (Å²) in [7, 11) is -2.90. The van der Waals surface area contributed by atoms with Gasteiger partial charge in [-0.15, -0.1) is 0 Å². The van der Waals surface area contributed by atoms with Crippen molar-refractivity contribution in [2.75, 3.05) is 0 Å². The first-order chi connectivity index (χ1) is 7.00. The highest BCUT2D eigenvalue weighted by atomic mass is 79.9. The van der Waals surface area contributed by atoms with Gasteiger partial charge in [0.15, 0.2) is 9.84 Å². The van der Waals surface area contributed by atoms with Crippen LogP contribution in [0.2, 0.25) is 0 Å². The molecule has 1 fully saturated rings. The van der Waals surface area contributed by atoms with Gasteiger partial charge in [0.25, 0.3) is 0 Å². The van der Waals surface area contributed by atoms with Crippen LogP contribution in [-0.4, -0.2) is 13.7 Å². The molecular formula is C11H13BrO2S. The average molecular weight is 289 g/mol. The molecule has 0 radical (unpaired) electrons. The van der Waals surface area contributed by atoms with Crippen LogP contribution < -0.4 is 0 Å². The Hall–Kier alpha value is -0.350. The third kappa shape index (κ3) is 2.42. The summed E-state index contributed by atoms with van der Waals surface area (Å²) in [5.41, 5.74) is 1.94. The lowest BCUT2D eigenvalue weighted by Crippen LogP contribution is -2.10. The minimum Gasteiger partial charge on any atom is -0.228 e. The van der Waals surface area contributed by atoms with Crippen LogP contribution >= 0.6 is 15.9 Å². The van der Waals surface area contributed by atoms with Gasteiger partial charge < -0.3 is 0 Å². The van der Waals surface area contributed by atoms with Crippen molar-refractivity contribution < 1.29 is 8.42 Å². The van der Waals surface area contributed by atoms with Gasteiger partial charge in [0.1, 0.15) is 0 Å². The zero-order valence-electron chi connectivity index (χ0n) is 8.53. The van der Waals surface area contributed by atoms with E-state index >= 15 is 0 Å². The van der Waals surface area contributed by atoms with Crippen LogP contribution in [0.1, 0.15) is 24.0 Å². The standard InChI is InChI=1S/C11H13BrO2S/c1-8-9(3-2-4-11(8)12)7-15(13,14)10-5-6-10/h2-4,10H,5-7H2,1H3. The molecule has 2 rings (SSSR count). The van der Waals surface area contributed by atoms with E-state index in [1.807, 2.05) is 25.1 Å². The van der Waals surface area contributed by atoms with Crippen molar-refractivity contribution in [1.29, 1.82) is 0 Å². The molecule has 1 aliphatic carbocycles. The topological polar surface area (TPSA) is 34.1 Å². The van der Waals surface area contributed by atoms with E-state index in [1.54, 1.807) is 0 Å². The zero-order chi connectivity index (χ0) is 11.1. The van der Waals surface area contributed by atoms with Gasteiger partial charge in [-0.25, -0.2) is 8.42 Å². The van der Waals surface area contributed by atoms with Crippen molar-refractivity contribution in [3.8, 4) is 0 Å². The molecule has 0 N–H and O–H groups in total. The van der Waals surface area contributed by atoms with Gasteiger partial charge >= 0.3 is 0 Å². The van der Waals surface area contributed by atoms with Crippen molar-refractivity contribution in [2.24, 2.45) is 0 Å². The number of benzene rings is 1. The molecule has 1 aromatic carbocycles. The molecular weight excluding hydrogens is 276 g/mol. The highest BCUT2D eigenvalue weighted by Crippen LogP contribution is 2.32. The van der Waals surface area contributed by atoms with E-state index in [2.05, 4.69) is 15.9 Å². The zero-order valence-corrected chi connectivity index (χ0v) is 10.9. The maximum absolute atomic E-state index is 11.8. The Bertz CT molecular complexity index is 475. The number of rotatable bonds is 3. The molecule has 0 spiro atoms. The fourth-order valence-corrected chi connectivity index (χ4v) is 3.81. The van der Waals surface area contributed by atoms with Gasteiger partial charge in [-0.2, -0.15) is 0 Å². The van der Waals surface area contributed by atoms with Crippen LogP contribution in [0.15, 0.2) is 22.7 Å². The Morgan fingerprint density at radius 2 is 2.07 bits per heavy atom. The molecule has 0 amide bonds. The van der Waals surface area contributed by atoms with E-state index in [-0.39, 0.29) is 11.0 Å². The second kappa shape index (κ2) is 3.91. The molecule has 0 aromatic heterocycles. The first-order valence-corrected chi connectivity index (χ1v) is 7.47. The van der Waals surface area contributed by atoms with Crippen LogP contribution in [0.25, 0.3) is 0 Å². The van der Waals surface area contributed by atoms with Crippen molar-refractivity contribution >= 4 is 25.8 Å². The first kappa shape index (κ1) is 11.1. The molecule has 1 aliphatic rings. The summed E-state index contributed by atoms with van der Waals surface area (Å²) in [5.74, 6) is 0.183. The van der Waals surface area contributed by atoms with Crippen LogP contribution in [-0.2, 0) is 15.6 Å². The second-order valence-electron chi connectivity index (χ2n) is 4.03. The van der Waals surface area contributed by atoms with E-state index < -0.39 is 9.84 Å². The van der Waals surface area contributed by atoms with Gasteiger partial charge in [0.05, 0.1) is 11.0 Å². The molecule has 4 heteroatoms. The third-order valence-corrected chi connectivity index (χ3v) is 5.83. The third-order valence-electron chi connectivity index (χ3n) is 2.77. The lowest BCUT2D eigenvalue weighted by atomic mass is 10.1. The molecule has 2 nitrogen and oxygen atoms in total. The summed E-state index contributed by atoms with van der Waals surface area (Å²) in [6.07, 6.45) is 1.69. The van der Waals surface area contributed by atoms with Crippen LogP contribution in [0.5, 0.6) is 0 Å². The maximum atomic E-state index is 11.8. The molecule has 0 heterocycles. The largest absolute Gasteiger partial charge is 0.228 e. The van der Waals surface area contributed by atoms with Gasteiger partial charge in [-0.1, -0.05) is 28.1 Å². The number of sulfone groups is 1. The predicted octanol–water partition coefficient (Wildman–Crippen LogP) is 2.83. The van der Waals surface area contributed by atoms with Crippen LogP contribution in [0.4, 0.5) is 0 Å². The Morgan fingerprint density at radius 1 is 1.40 bits per heavy atom. The first-order valence-electron chi connectivity index (χ1n) is 4.96. The van der Waals surface area contributed by atoms with Gasteiger partial charge in [0.2, 0.25) is 0 Å². The quantitative estimate of drug-likeness (QED) is 0.857. The number of hydrogen-bond acceptors (Lipinski definition) is 2. The van der Waals surface area contributed by atoms with Gasteiger partial charge in [-0.05, 0) is 37.0 Å². The minimum atomic E-state index is -2.90. The van der Waals surface area contributed by atoms with Gasteiger partial charge in [-0.3, -0.25) is 0 Å². The maximum Gasteiger partial charge on any atom is 0.157 e. The smallest absolute Gasteiger partial charge is 0.157 e. The molecule has 0 saturated heterocycles. The SMILES string of the molecule is Cc1c(Br)cccc1CS(=O)(=O)C1CC1. The van der Waals surface area contributed by atoms with E-state index in [0.717, 1.165) is 28.4 Å². The molecule has 0 unspecified atom stereocenters. The molecule has 15 heavy (non-hydrogen) atoms. The fraction of sp³-hybridized carbons (Fsp3) is 0.455. The summed E-state index contributed by atoms with van der Waals surface area (Å²) in [5, 5.41) is -0.0733. The highest BCUT2D eigenvalue weighted by Gasteiger charge is 2.35. The lowest BCUT2D eigenvalue weighted by molar-refractivity contribution is 0.594. The summed E-state index contributed by atoms with van der Waals surface area (Å²) in [6.45, 7) is 1.95. The van der Waals surface area contributed by atoms with E-state index in [1.165, 1.54) is 0 Å². The van der Waals surface area contributed by atoms with Crippen LogP contribution in [0.3, 0.4) is 0 Å². The summed E-state index contributed by atoms with van der Waals surface area (Å²) in [4.78, 5) is 0. The minimum absolute atomic E-state index is 0.0733. The Labute approximate surface area is 98.7 Å². The summed E-state index contributed by atoms with van der Waals surface area (Å²) >= 11 is 3.41. The number of hydrogen-bond donors (Lipinski definition) is 0. The van der Waals surface area contributed by atoms with Crippen molar-refractivity contribution in [3.05, 3.63) is 33.8 Å². The molecule has 82 valence electrons. The summed E-state index contributed by atoms with van der Waals surface area (Å²) < 4.78 is 24.6. The van der Waals surface area contributed by atoms with Crippen LogP contribution in [0, 0.1) is 6.92 Å². The Balaban J connectivity index is 2.28. The fourth-order valence-electron chi connectivity index (χ4n) is 1.57. The number of halogens is 1. The van der Waals surface area contributed by atoms with E-state index in [9.17, 15) is 8.42 Å². The molecule has 0 aliphatic heterocycles. The molecule has 0 bridgehead atoms. The molecule has 1 aromatic rings. The van der Waals surface area contributed by atoms with Crippen molar-refractivity contribution in [2.45, 2.75) is 30.8 Å². The molecule has 0 atom stereocenters. The van der Waals surface area contributed by atoms with E-state index in [4.69, 9.17) is 0 Å². The monoisotopic (exact) mass is 288 g/mol. The van der Waals surface area contributed by atoms with Crippen molar-refractivity contribution in [1.82, 2.24) is 0 Å². The molecule has 1 saturated carbocycles. The lowest BCUT2D eigenvalue weighted by Gasteiger charge is -2.07. The normalized spacial score (nSPS) is 16.7. The predicted molar refractivity (Wildman–Crippen MR) is 64.5 cm³/mol. The average Bonchev–Trinajstić information content (AvgIpc) is 2.95. The van der Waals surface area contributed by atoms with Crippen molar-refractivity contribution in [3.63, 3.8) is 0 Å². The van der Waals surface area contributed by atoms with Gasteiger partial charge in [0, 0.05) is 4.47 Å². The Kier molecular flexibility index (Phi) is 2.90. The second-order valence-corrected chi connectivity index (χ2v) is 7.17. The highest BCUT2D eigenvalue weighted by molar-refractivity contribution is 9.10.